The fourth-order valence-electron chi connectivity index (χ4n) is 2.54. The summed E-state index contributed by atoms with van der Waals surface area (Å²) in [5, 5.41) is 8.49. The molecule has 0 fully saturated rings. The van der Waals surface area contributed by atoms with Crippen molar-refractivity contribution in [2.75, 3.05) is 0 Å². The Bertz CT molecular complexity index is 328. The molecule has 0 aliphatic heterocycles. The number of nitrogens with zero attached hydrogens (tertiary/aromatic N) is 1. The topological polar surface area (TPSA) is 23.8 Å². The summed E-state index contributed by atoms with van der Waals surface area (Å²) in [5.74, 6) is -1.79. The molecule has 0 bridgehead atoms. The van der Waals surface area contributed by atoms with Gasteiger partial charge in [0.2, 0.25) is 0 Å². The molecule has 134 valence electrons. The highest BCUT2D eigenvalue weighted by molar-refractivity contribution is 4.88. The SMILES string of the molecule is CCCCCCC/C=C/CCCCCCCC(C#N)C(F)(F)F. The molecule has 0 rings (SSSR count). The third kappa shape index (κ3) is 14.3. The van der Waals surface area contributed by atoms with Gasteiger partial charge in [0.05, 0.1) is 6.07 Å². The molecule has 1 nitrogen and oxygen atoms in total. The maximum atomic E-state index is 12.4. The number of rotatable bonds is 14. The second-order valence-corrected chi connectivity index (χ2v) is 6.24. The molecule has 0 amide bonds. The molecule has 23 heavy (non-hydrogen) atoms. The second-order valence-electron chi connectivity index (χ2n) is 6.24. The number of hydrogen-bond acceptors (Lipinski definition) is 1. The Labute approximate surface area is 140 Å². The van der Waals surface area contributed by atoms with Crippen molar-refractivity contribution < 1.29 is 13.2 Å². The Morgan fingerprint density at radius 2 is 1.30 bits per heavy atom. The fourth-order valence-corrected chi connectivity index (χ4v) is 2.54. The molecule has 0 heterocycles. The fraction of sp³-hybridized carbons (Fsp3) is 0.842. The van der Waals surface area contributed by atoms with Crippen LogP contribution < -0.4 is 0 Å². The molecule has 0 saturated carbocycles. The van der Waals surface area contributed by atoms with E-state index in [2.05, 4.69) is 19.1 Å². The van der Waals surface area contributed by atoms with Crippen molar-refractivity contribution in [3.05, 3.63) is 12.2 Å². The molecule has 1 unspecified atom stereocenters. The van der Waals surface area contributed by atoms with Gasteiger partial charge >= 0.3 is 6.18 Å². The number of alkyl halides is 3. The first-order valence-corrected chi connectivity index (χ1v) is 9.13. The van der Waals surface area contributed by atoms with E-state index in [1.165, 1.54) is 38.2 Å². The number of hydrogen-bond donors (Lipinski definition) is 0. The maximum Gasteiger partial charge on any atom is 0.404 e. The highest BCUT2D eigenvalue weighted by atomic mass is 19.4. The van der Waals surface area contributed by atoms with Crippen LogP contribution in [0.2, 0.25) is 0 Å². The van der Waals surface area contributed by atoms with E-state index in [0.29, 0.717) is 6.42 Å². The minimum atomic E-state index is -4.36. The van der Waals surface area contributed by atoms with Crippen LogP contribution in [0.5, 0.6) is 0 Å². The molecule has 0 aromatic carbocycles. The van der Waals surface area contributed by atoms with Gasteiger partial charge in [-0.25, -0.2) is 0 Å². The predicted octanol–water partition coefficient (Wildman–Crippen LogP) is 7.34. The molecule has 0 aliphatic rings. The lowest BCUT2D eigenvalue weighted by molar-refractivity contribution is -0.160. The summed E-state index contributed by atoms with van der Waals surface area (Å²) >= 11 is 0. The molecule has 4 heteroatoms. The first kappa shape index (κ1) is 22.0. The minimum absolute atomic E-state index is 0.0576. The smallest absolute Gasteiger partial charge is 0.198 e. The van der Waals surface area contributed by atoms with E-state index < -0.39 is 12.1 Å². The van der Waals surface area contributed by atoms with Gasteiger partial charge in [-0.1, -0.05) is 70.4 Å². The number of halogens is 3. The molecule has 0 aromatic heterocycles. The van der Waals surface area contributed by atoms with Crippen molar-refractivity contribution in [1.29, 1.82) is 5.26 Å². The average Bonchev–Trinajstić information content (AvgIpc) is 2.50. The van der Waals surface area contributed by atoms with Gasteiger partial charge in [0.1, 0.15) is 5.92 Å². The Morgan fingerprint density at radius 3 is 1.78 bits per heavy atom. The monoisotopic (exact) mass is 331 g/mol. The largest absolute Gasteiger partial charge is 0.404 e. The Kier molecular flexibility index (Phi) is 14.0. The van der Waals surface area contributed by atoms with Gasteiger partial charge in [-0.15, -0.1) is 0 Å². The highest BCUT2D eigenvalue weighted by Crippen LogP contribution is 2.29. The molecule has 0 spiro atoms. The van der Waals surface area contributed by atoms with E-state index in [1.807, 2.05) is 0 Å². The zero-order valence-corrected chi connectivity index (χ0v) is 14.5. The van der Waals surface area contributed by atoms with Crippen LogP contribution in [-0.4, -0.2) is 6.18 Å². The molecule has 1 atom stereocenters. The van der Waals surface area contributed by atoms with E-state index in [-0.39, 0.29) is 6.42 Å². The van der Waals surface area contributed by atoms with Gasteiger partial charge in [0.15, 0.2) is 0 Å². The summed E-state index contributed by atoms with van der Waals surface area (Å²) in [6.07, 6.45) is 13.2. The van der Waals surface area contributed by atoms with Gasteiger partial charge in [0.25, 0.3) is 0 Å². The van der Waals surface area contributed by atoms with Gasteiger partial charge in [-0.3, -0.25) is 0 Å². The Morgan fingerprint density at radius 1 is 0.826 bits per heavy atom. The standard InChI is InChI=1S/C19H32F3N/c1-2-3-4-5-6-7-8-9-10-11-12-13-14-15-16-18(17-23)19(20,21)22/h8-9,18H,2-7,10-16H2,1H3/b9-8+. The molecule has 0 aromatic rings. The number of allylic oxidation sites excluding steroid dienone is 2. The molecular formula is C19H32F3N. The predicted molar refractivity (Wildman–Crippen MR) is 90.0 cm³/mol. The molecule has 0 N–H and O–H groups in total. The summed E-state index contributed by atoms with van der Waals surface area (Å²) in [4.78, 5) is 0. The molecule has 0 radical (unpaired) electrons. The van der Waals surface area contributed by atoms with Gasteiger partial charge < -0.3 is 0 Å². The maximum absolute atomic E-state index is 12.4. The molecular weight excluding hydrogens is 299 g/mol. The first-order valence-electron chi connectivity index (χ1n) is 9.13. The summed E-state index contributed by atoms with van der Waals surface area (Å²) in [6.45, 7) is 2.22. The lowest BCUT2D eigenvalue weighted by Gasteiger charge is -2.12. The van der Waals surface area contributed by atoms with Crippen molar-refractivity contribution in [2.45, 2.75) is 96.6 Å². The van der Waals surface area contributed by atoms with Crippen molar-refractivity contribution >= 4 is 0 Å². The van der Waals surface area contributed by atoms with Crippen LogP contribution in [0.4, 0.5) is 13.2 Å². The zero-order valence-electron chi connectivity index (χ0n) is 14.5. The molecule has 0 aliphatic carbocycles. The van der Waals surface area contributed by atoms with Crippen LogP contribution in [0.15, 0.2) is 12.2 Å². The van der Waals surface area contributed by atoms with Crippen LogP contribution >= 0.6 is 0 Å². The van der Waals surface area contributed by atoms with Crippen molar-refractivity contribution in [1.82, 2.24) is 0 Å². The first-order chi connectivity index (χ1) is 11.0. The summed E-state index contributed by atoms with van der Waals surface area (Å²) < 4.78 is 37.1. The highest BCUT2D eigenvalue weighted by Gasteiger charge is 2.39. The third-order valence-electron chi connectivity index (χ3n) is 4.06. The van der Waals surface area contributed by atoms with Gasteiger partial charge in [-0.2, -0.15) is 18.4 Å². The van der Waals surface area contributed by atoms with Crippen LogP contribution in [0, 0.1) is 17.2 Å². The van der Waals surface area contributed by atoms with Crippen molar-refractivity contribution in [3.63, 3.8) is 0 Å². The lowest BCUT2D eigenvalue weighted by Crippen LogP contribution is -2.21. The summed E-state index contributed by atoms with van der Waals surface area (Å²) in [7, 11) is 0. The van der Waals surface area contributed by atoms with Gasteiger partial charge in [-0.05, 0) is 32.1 Å². The van der Waals surface area contributed by atoms with Crippen molar-refractivity contribution in [3.8, 4) is 6.07 Å². The van der Waals surface area contributed by atoms with Crippen LogP contribution in [0.25, 0.3) is 0 Å². The zero-order chi connectivity index (χ0) is 17.4. The summed E-state index contributed by atoms with van der Waals surface area (Å²) in [6, 6.07) is 1.35. The minimum Gasteiger partial charge on any atom is -0.198 e. The third-order valence-corrected chi connectivity index (χ3v) is 4.06. The Balaban J connectivity index is 3.35. The van der Waals surface area contributed by atoms with E-state index in [0.717, 1.165) is 38.5 Å². The van der Waals surface area contributed by atoms with Crippen LogP contribution in [-0.2, 0) is 0 Å². The van der Waals surface area contributed by atoms with Crippen molar-refractivity contribution in [2.24, 2.45) is 5.92 Å². The van der Waals surface area contributed by atoms with Gasteiger partial charge in [0, 0.05) is 0 Å². The average molecular weight is 331 g/mol. The van der Waals surface area contributed by atoms with E-state index in [9.17, 15) is 13.2 Å². The number of unbranched alkanes of at least 4 members (excludes halogenated alkanes) is 10. The summed E-state index contributed by atoms with van der Waals surface area (Å²) in [5.41, 5.74) is 0. The van der Waals surface area contributed by atoms with E-state index in [4.69, 9.17) is 5.26 Å². The van der Waals surface area contributed by atoms with Crippen LogP contribution in [0.1, 0.15) is 90.4 Å². The van der Waals surface area contributed by atoms with E-state index in [1.54, 1.807) is 0 Å². The van der Waals surface area contributed by atoms with Crippen LogP contribution in [0.3, 0.4) is 0 Å². The molecule has 0 saturated heterocycles. The number of nitriles is 1. The second kappa shape index (κ2) is 14.6. The lowest BCUT2D eigenvalue weighted by atomic mass is 10.0. The normalized spacial score (nSPS) is 13.3. The Hall–Kier alpha value is -0.980. The van der Waals surface area contributed by atoms with E-state index >= 15 is 0 Å². The quantitative estimate of drug-likeness (QED) is 0.241.